The summed E-state index contributed by atoms with van der Waals surface area (Å²) in [4.78, 5) is 11.9. The van der Waals surface area contributed by atoms with E-state index < -0.39 is 5.91 Å². The first-order chi connectivity index (χ1) is 9.69. The summed E-state index contributed by atoms with van der Waals surface area (Å²) in [6.45, 7) is 1.16. The number of nitriles is 1. The van der Waals surface area contributed by atoms with E-state index in [9.17, 15) is 9.90 Å². The van der Waals surface area contributed by atoms with Crippen LogP contribution in [0.25, 0.3) is 6.08 Å². The molecule has 0 saturated carbocycles. The molecule has 0 unspecified atom stereocenters. The lowest BCUT2D eigenvalue weighted by Gasteiger charge is -2.10. The van der Waals surface area contributed by atoms with Crippen molar-refractivity contribution in [1.82, 2.24) is 5.32 Å². The Morgan fingerprint density at radius 2 is 2.25 bits per heavy atom. The van der Waals surface area contributed by atoms with Gasteiger partial charge in [0.05, 0.1) is 6.10 Å². The number of rotatable bonds is 4. The maximum Gasteiger partial charge on any atom is 0.262 e. The van der Waals surface area contributed by atoms with Gasteiger partial charge in [-0.1, -0.05) is 12.1 Å². The van der Waals surface area contributed by atoms with Crippen molar-refractivity contribution in [2.45, 2.75) is 18.9 Å². The number of hydrogen-bond donors (Lipinski definition) is 2. The zero-order valence-corrected chi connectivity index (χ0v) is 11.0. The van der Waals surface area contributed by atoms with Crippen LogP contribution in [-0.4, -0.2) is 30.3 Å². The number of nitrogens with one attached hydrogen (secondary N) is 1. The Morgan fingerprint density at radius 3 is 2.85 bits per heavy atom. The zero-order valence-electron chi connectivity index (χ0n) is 11.0. The molecule has 1 aliphatic heterocycles. The number of amides is 1. The fraction of sp³-hybridized carbons (Fsp3) is 0.333. The Balaban J connectivity index is 1.97. The van der Waals surface area contributed by atoms with Crippen molar-refractivity contribution in [3.63, 3.8) is 0 Å². The van der Waals surface area contributed by atoms with Crippen molar-refractivity contribution in [3.8, 4) is 11.8 Å². The van der Waals surface area contributed by atoms with Crippen molar-refractivity contribution >= 4 is 12.0 Å². The molecule has 20 heavy (non-hydrogen) atoms. The van der Waals surface area contributed by atoms with Gasteiger partial charge in [-0.25, -0.2) is 0 Å². The minimum atomic E-state index is -0.406. The molecule has 1 fully saturated rings. The molecule has 0 aromatic heterocycles. The lowest BCUT2D eigenvalue weighted by Crippen LogP contribution is -2.32. The molecule has 1 aliphatic rings. The highest BCUT2D eigenvalue weighted by Crippen LogP contribution is 2.13. The molecule has 5 nitrogen and oxygen atoms in total. The lowest BCUT2D eigenvalue weighted by atomic mass is 10.1. The summed E-state index contributed by atoms with van der Waals surface area (Å²) in [6.07, 6.45) is 3.48. The number of phenolic OH excluding ortho intramolecular Hbond substituents is 1. The van der Waals surface area contributed by atoms with Gasteiger partial charge in [0.1, 0.15) is 17.4 Å². The molecule has 1 heterocycles. The van der Waals surface area contributed by atoms with E-state index in [4.69, 9.17) is 10.00 Å². The molecule has 1 aromatic rings. The molecular formula is C15H16N2O3. The molecule has 0 aliphatic carbocycles. The molecule has 2 rings (SSSR count). The predicted molar refractivity (Wildman–Crippen MR) is 73.7 cm³/mol. The molecule has 104 valence electrons. The van der Waals surface area contributed by atoms with E-state index >= 15 is 0 Å². The fourth-order valence-electron chi connectivity index (χ4n) is 1.99. The summed E-state index contributed by atoms with van der Waals surface area (Å²) >= 11 is 0. The van der Waals surface area contributed by atoms with Crippen molar-refractivity contribution in [2.75, 3.05) is 13.2 Å². The minimum Gasteiger partial charge on any atom is -0.508 e. The predicted octanol–water partition coefficient (Wildman–Crippen LogP) is 1.59. The van der Waals surface area contributed by atoms with Crippen LogP contribution in [0.4, 0.5) is 0 Å². The van der Waals surface area contributed by atoms with E-state index in [-0.39, 0.29) is 17.4 Å². The van der Waals surface area contributed by atoms with Crippen LogP contribution in [0.5, 0.6) is 5.75 Å². The fourth-order valence-corrected chi connectivity index (χ4v) is 1.99. The van der Waals surface area contributed by atoms with Crippen LogP contribution in [0.1, 0.15) is 18.4 Å². The SMILES string of the molecule is N#C/C(=C/c1ccc(O)cc1)C(=O)NC[C@@H]1CCCO1. The Morgan fingerprint density at radius 1 is 1.50 bits per heavy atom. The zero-order chi connectivity index (χ0) is 14.4. The Bertz CT molecular complexity index is 537. The van der Waals surface area contributed by atoms with Crippen LogP contribution >= 0.6 is 0 Å². The molecule has 0 bridgehead atoms. The number of phenols is 1. The molecule has 0 spiro atoms. The second-order valence-corrected chi connectivity index (χ2v) is 4.61. The monoisotopic (exact) mass is 272 g/mol. The van der Waals surface area contributed by atoms with Gasteiger partial charge in [0, 0.05) is 13.2 Å². The van der Waals surface area contributed by atoms with Crippen LogP contribution in [0.2, 0.25) is 0 Å². The molecule has 5 heteroatoms. The van der Waals surface area contributed by atoms with E-state index in [0.717, 1.165) is 19.4 Å². The first-order valence-corrected chi connectivity index (χ1v) is 6.49. The summed E-state index contributed by atoms with van der Waals surface area (Å²) in [5, 5.41) is 20.9. The molecule has 2 N–H and O–H groups in total. The topological polar surface area (TPSA) is 82.3 Å². The third-order valence-corrected chi connectivity index (χ3v) is 3.08. The third-order valence-electron chi connectivity index (χ3n) is 3.08. The average Bonchev–Trinajstić information content (AvgIpc) is 2.97. The Hall–Kier alpha value is -2.32. The van der Waals surface area contributed by atoms with E-state index in [1.165, 1.54) is 18.2 Å². The number of benzene rings is 1. The van der Waals surface area contributed by atoms with E-state index in [0.29, 0.717) is 12.1 Å². The molecule has 0 radical (unpaired) electrons. The van der Waals surface area contributed by atoms with Crippen LogP contribution < -0.4 is 5.32 Å². The smallest absolute Gasteiger partial charge is 0.262 e. The summed E-state index contributed by atoms with van der Waals surface area (Å²) in [5.74, 6) is -0.264. The van der Waals surface area contributed by atoms with Crippen molar-refractivity contribution in [3.05, 3.63) is 35.4 Å². The lowest BCUT2D eigenvalue weighted by molar-refractivity contribution is -0.117. The minimum absolute atomic E-state index is 0.0358. The summed E-state index contributed by atoms with van der Waals surface area (Å²) in [6, 6.07) is 8.17. The molecular weight excluding hydrogens is 256 g/mol. The van der Waals surface area contributed by atoms with E-state index in [2.05, 4.69) is 5.32 Å². The van der Waals surface area contributed by atoms with Crippen molar-refractivity contribution in [1.29, 1.82) is 5.26 Å². The van der Waals surface area contributed by atoms with E-state index in [1.807, 2.05) is 6.07 Å². The molecule has 1 amide bonds. The highest BCUT2D eigenvalue weighted by molar-refractivity contribution is 6.01. The second kappa shape index (κ2) is 6.73. The van der Waals surface area contributed by atoms with Gasteiger partial charge in [-0.3, -0.25) is 4.79 Å². The van der Waals surface area contributed by atoms with Gasteiger partial charge in [-0.05, 0) is 36.6 Å². The van der Waals surface area contributed by atoms with Gasteiger partial charge in [-0.15, -0.1) is 0 Å². The maximum atomic E-state index is 11.9. The maximum absolute atomic E-state index is 11.9. The van der Waals surface area contributed by atoms with Gasteiger partial charge >= 0.3 is 0 Å². The normalized spacial score (nSPS) is 18.6. The summed E-state index contributed by atoms with van der Waals surface area (Å²) in [7, 11) is 0. The van der Waals surface area contributed by atoms with Crippen molar-refractivity contribution < 1.29 is 14.6 Å². The number of carbonyl (C=O) groups excluding carboxylic acids is 1. The largest absolute Gasteiger partial charge is 0.508 e. The van der Waals surface area contributed by atoms with Crippen LogP contribution in [0, 0.1) is 11.3 Å². The van der Waals surface area contributed by atoms with Gasteiger partial charge in [0.15, 0.2) is 0 Å². The average molecular weight is 272 g/mol. The molecule has 1 saturated heterocycles. The quantitative estimate of drug-likeness (QED) is 0.644. The summed E-state index contributed by atoms with van der Waals surface area (Å²) in [5.41, 5.74) is 0.723. The van der Waals surface area contributed by atoms with Gasteiger partial charge in [0.25, 0.3) is 5.91 Å². The van der Waals surface area contributed by atoms with Gasteiger partial charge in [0.2, 0.25) is 0 Å². The standard InChI is InChI=1S/C15H16N2O3/c16-9-12(8-11-3-5-13(18)6-4-11)15(19)17-10-14-2-1-7-20-14/h3-6,8,14,18H,1-2,7,10H2,(H,17,19)/b12-8-/t14-/m0/s1. The molecule has 1 atom stereocenters. The number of carbonyl (C=O) groups is 1. The molecule has 1 aromatic carbocycles. The second-order valence-electron chi connectivity index (χ2n) is 4.61. The number of ether oxygens (including phenoxy) is 1. The van der Waals surface area contributed by atoms with Crippen molar-refractivity contribution in [2.24, 2.45) is 0 Å². The third kappa shape index (κ3) is 3.84. The summed E-state index contributed by atoms with van der Waals surface area (Å²) < 4.78 is 5.40. The first-order valence-electron chi connectivity index (χ1n) is 6.49. The first kappa shape index (κ1) is 14.1. The van der Waals surface area contributed by atoms with Crippen LogP contribution in [0.15, 0.2) is 29.8 Å². The number of nitrogens with zero attached hydrogens (tertiary/aromatic N) is 1. The number of hydrogen-bond acceptors (Lipinski definition) is 4. The Labute approximate surface area is 117 Å². The highest BCUT2D eigenvalue weighted by atomic mass is 16.5. The Kier molecular flexibility index (Phi) is 4.75. The van der Waals surface area contributed by atoms with Gasteiger partial charge < -0.3 is 15.2 Å². The van der Waals surface area contributed by atoms with Crippen LogP contribution in [-0.2, 0) is 9.53 Å². The van der Waals surface area contributed by atoms with Crippen LogP contribution in [0.3, 0.4) is 0 Å². The van der Waals surface area contributed by atoms with Gasteiger partial charge in [-0.2, -0.15) is 5.26 Å². The van der Waals surface area contributed by atoms with E-state index in [1.54, 1.807) is 12.1 Å². The highest BCUT2D eigenvalue weighted by Gasteiger charge is 2.17. The number of aromatic hydroxyl groups is 1.